The second-order valence-corrected chi connectivity index (χ2v) is 7.40. The quantitative estimate of drug-likeness (QED) is 0.902. The van der Waals surface area contributed by atoms with Crippen LogP contribution in [0.25, 0.3) is 0 Å². The average Bonchev–Trinajstić information content (AvgIpc) is 2.28. The Hall–Kier alpha value is -0.810. The van der Waals surface area contributed by atoms with Crippen molar-refractivity contribution in [3.8, 4) is 0 Å². The molecule has 100 valence electrons. The van der Waals surface area contributed by atoms with Crippen LogP contribution in [0, 0.1) is 0 Å². The maximum absolute atomic E-state index is 5.77. The normalized spacial score (nSPS) is 20.8. The van der Waals surface area contributed by atoms with Gasteiger partial charge in [-0.05, 0) is 32.8 Å². The second-order valence-electron chi connectivity index (χ2n) is 5.60. The minimum atomic E-state index is 0.157. The maximum Gasteiger partial charge on any atom is 0.225 e. The summed E-state index contributed by atoms with van der Waals surface area (Å²) in [5.41, 5.74) is 6.88. The fourth-order valence-corrected chi connectivity index (χ4v) is 3.29. The molecule has 1 aliphatic heterocycles. The van der Waals surface area contributed by atoms with Crippen molar-refractivity contribution in [2.24, 2.45) is 5.73 Å². The Morgan fingerprint density at radius 3 is 2.67 bits per heavy atom. The highest BCUT2D eigenvalue weighted by Crippen LogP contribution is 2.30. The largest absolute Gasteiger partial charge is 0.339 e. The van der Waals surface area contributed by atoms with E-state index in [1.165, 1.54) is 0 Å². The molecule has 0 saturated carbocycles. The van der Waals surface area contributed by atoms with Gasteiger partial charge in [0.1, 0.15) is 0 Å². The number of thioether (sulfide) groups is 1. The first-order valence-corrected chi connectivity index (χ1v) is 7.40. The number of hydrogen-bond donors (Lipinski definition) is 1. The Bertz CT molecular complexity index is 388. The van der Waals surface area contributed by atoms with Gasteiger partial charge in [0.05, 0.1) is 0 Å². The topological polar surface area (TPSA) is 55.0 Å². The van der Waals surface area contributed by atoms with E-state index in [0.717, 1.165) is 36.8 Å². The van der Waals surface area contributed by atoms with Crippen molar-refractivity contribution in [1.29, 1.82) is 0 Å². The van der Waals surface area contributed by atoms with Crippen LogP contribution in [0.5, 0.6) is 0 Å². The van der Waals surface area contributed by atoms with Crippen molar-refractivity contribution in [2.75, 3.05) is 23.7 Å². The summed E-state index contributed by atoms with van der Waals surface area (Å²) in [6, 6.07) is 0.157. The van der Waals surface area contributed by atoms with Crippen molar-refractivity contribution >= 4 is 17.7 Å². The molecule has 4 nitrogen and oxygen atoms in total. The Morgan fingerprint density at radius 2 is 2.11 bits per heavy atom. The zero-order valence-electron chi connectivity index (χ0n) is 11.4. The number of nitrogens with zero attached hydrogens (tertiary/aromatic N) is 3. The van der Waals surface area contributed by atoms with Crippen LogP contribution in [0.3, 0.4) is 0 Å². The molecule has 1 fully saturated rings. The zero-order valence-corrected chi connectivity index (χ0v) is 12.2. The van der Waals surface area contributed by atoms with Crippen LogP contribution in [-0.4, -0.2) is 39.6 Å². The van der Waals surface area contributed by atoms with Crippen LogP contribution in [0.2, 0.25) is 0 Å². The van der Waals surface area contributed by atoms with Gasteiger partial charge >= 0.3 is 0 Å². The van der Waals surface area contributed by atoms with Crippen molar-refractivity contribution < 1.29 is 0 Å². The highest BCUT2D eigenvalue weighted by atomic mass is 32.2. The van der Waals surface area contributed by atoms with E-state index in [1.54, 1.807) is 0 Å². The van der Waals surface area contributed by atoms with Gasteiger partial charge in [0.15, 0.2) is 0 Å². The van der Waals surface area contributed by atoms with Crippen molar-refractivity contribution in [1.82, 2.24) is 9.97 Å². The van der Waals surface area contributed by atoms with Gasteiger partial charge in [-0.1, -0.05) is 0 Å². The summed E-state index contributed by atoms with van der Waals surface area (Å²) >= 11 is 2.02. The van der Waals surface area contributed by atoms with Crippen molar-refractivity contribution in [3.05, 3.63) is 18.0 Å². The minimum Gasteiger partial charge on any atom is -0.339 e. The first-order valence-electron chi connectivity index (χ1n) is 6.42. The van der Waals surface area contributed by atoms with Crippen molar-refractivity contribution in [3.63, 3.8) is 0 Å². The molecule has 5 heteroatoms. The monoisotopic (exact) mass is 266 g/mol. The molecule has 2 heterocycles. The summed E-state index contributed by atoms with van der Waals surface area (Å²) in [7, 11) is 0. The van der Waals surface area contributed by atoms with E-state index in [2.05, 4.69) is 28.7 Å². The molecule has 1 aromatic rings. The number of rotatable bonds is 3. The summed E-state index contributed by atoms with van der Waals surface area (Å²) in [6.45, 7) is 8.58. The Labute approximate surface area is 113 Å². The fraction of sp³-hybridized carbons (Fsp3) is 0.692. The highest BCUT2D eigenvalue weighted by Gasteiger charge is 2.28. The van der Waals surface area contributed by atoms with Crippen molar-refractivity contribution in [2.45, 2.75) is 38.0 Å². The van der Waals surface area contributed by atoms with Crippen LogP contribution in [0.1, 0.15) is 26.3 Å². The van der Waals surface area contributed by atoms with Gasteiger partial charge in [0.2, 0.25) is 5.95 Å². The maximum atomic E-state index is 5.77. The molecule has 0 aromatic carbocycles. The third kappa shape index (κ3) is 3.59. The lowest BCUT2D eigenvalue weighted by Gasteiger charge is -2.37. The lowest BCUT2D eigenvalue weighted by atomic mass is 10.1. The summed E-state index contributed by atoms with van der Waals surface area (Å²) in [4.78, 5) is 11.2. The summed E-state index contributed by atoms with van der Waals surface area (Å²) in [5.74, 6) is 1.98. The van der Waals surface area contributed by atoms with E-state index in [0.29, 0.717) is 0 Å². The number of anilines is 1. The number of hydrogen-bond acceptors (Lipinski definition) is 5. The molecule has 2 N–H and O–H groups in total. The molecule has 1 aliphatic rings. The Balaban J connectivity index is 2.05. The molecule has 2 rings (SSSR count). The second kappa shape index (κ2) is 5.45. The zero-order chi connectivity index (χ0) is 13.2. The predicted octanol–water partition coefficient (Wildman–Crippen LogP) is 1.70. The van der Waals surface area contributed by atoms with E-state index in [1.807, 2.05) is 31.1 Å². The van der Waals surface area contributed by atoms with Crippen LogP contribution >= 0.6 is 11.8 Å². The molecule has 0 radical (unpaired) electrons. The first-order chi connectivity index (χ1) is 8.46. The molecular weight excluding hydrogens is 244 g/mol. The van der Waals surface area contributed by atoms with Crippen LogP contribution < -0.4 is 10.6 Å². The first kappa shape index (κ1) is 13.6. The number of aromatic nitrogens is 2. The molecule has 1 aromatic heterocycles. The SMILES string of the molecule is CC(N)Cc1cnc(N2CCSC(C)(C)C2)nc1. The predicted molar refractivity (Wildman–Crippen MR) is 78.1 cm³/mol. The Kier molecular flexibility index (Phi) is 4.12. The van der Waals surface area contributed by atoms with Gasteiger partial charge < -0.3 is 10.6 Å². The minimum absolute atomic E-state index is 0.157. The van der Waals surface area contributed by atoms with E-state index < -0.39 is 0 Å². The van der Waals surface area contributed by atoms with Gasteiger partial charge in [-0.15, -0.1) is 0 Å². The smallest absolute Gasteiger partial charge is 0.225 e. The van der Waals surface area contributed by atoms with Gasteiger partial charge in [0.25, 0.3) is 0 Å². The van der Waals surface area contributed by atoms with E-state index in [4.69, 9.17) is 5.73 Å². The van der Waals surface area contributed by atoms with Crippen LogP contribution in [0.4, 0.5) is 5.95 Å². The molecule has 1 saturated heterocycles. The summed E-state index contributed by atoms with van der Waals surface area (Å²) in [5, 5.41) is 0. The van der Waals surface area contributed by atoms with Gasteiger partial charge in [-0.25, -0.2) is 9.97 Å². The van der Waals surface area contributed by atoms with E-state index in [9.17, 15) is 0 Å². The van der Waals surface area contributed by atoms with Crippen LogP contribution in [-0.2, 0) is 6.42 Å². The molecule has 1 unspecified atom stereocenters. The van der Waals surface area contributed by atoms with E-state index in [-0.39, 0.29) is 10.8 Å². The third-order valence-electron chi connectivity index (χ3n) is 2.96. The summed E-state index contributed by atoms with van der Waals surface area (Å²) in [6.07, 6.45) is 4.64. The van der Waals surface area contributed by atoms with Gasteiger partial charge in [-0.3, -0.25) is 0 Å². The standard InChI is InChI=1S/C13H22N4S/c1-10(14)6-11-7-15-12(16-8-11)17-4-5-18-13(2,3)9-17/h7-8,10H,4-6,9,14H2,1-3H3. The van der Waals surface area contributed by atoms with Crippen LogP contribution in [0.15, 0.2) is 12.4 Å². The Morgan fingerprint density at radius 1 is 1.44 bits per heavy atom. The fourth-order valence-electron chi connectivity index (χ4n) is 2.18. The average molecular weight is 266 g/mol. The third-order valence-corrected chi connectivity index (χ3v) is 4.26. The highest BCUT2D eigenvalue weighted by molar-refractivity contribution is 8.00. The molecule has 0 aliphatic carbocycles. The lowest BCUT2D eigenvalue weighted by molar-refractivity contribution is 0.634. The molecular formula is C13H22N4S. The van der Waals surface area contributed by atoms with Gasteiger partial charge in [-0.2, -0.15) is 11.8 Å². The molecule has 0 amide bonds. The molecule has 18 heavy (non-hydrogen) atoms. The van der Waals surface area contributed by atoms with Gasteiger partial charge in [0, 0.05) is 42.0 Å². The number of nitrogens with two attached hydrogens (primary N) is 1. The molecule has 0 spiro atoms. The lowest BCUT2D eigenvalue weighted by Crippen LogP contribution is -2.43. The molecule has 1 atom stereocenters. The summed E-state index contributed by atoms with van der Waals surface area (Å²) < 4.78 is 0.284. The van der Waals surface area contributed by atoms with E-state index >= 15 is 0 Å². The molecule has 0 bridgehead atoms.